The van der Waals surface area contributed by atoms with Gasteiger partial charge in [-0.15, -0.1) is 0 Å². The number of carbonyl (C=O) groups excluding carboxylic acids is 1. The zero-order valence-corrected chi connectivity index (χ0v) is 12.3. The van der Waals surface area contributed by atoms with Gasteiger partial charge in [0, 0.05) is 21.7 Å². The van der Waals surface area contributed by atoms with Gasteiger partial charge in [0.2, 0.25) is 5.91 Å². The summed E-state index contributed by atoms with van der Waals surface area (Å²) in [5.41, 5.74) is 0.521. The maximum Gasteiger partial charge on any atom is 0.244 e. The second-order valence-corrected chi connectivity index (χ2v) is 5.57. The van der Waals surface area contributed by atoms with Crippen molar-refractivity contribution in [2.45, 2.75) is 32.7 Å². The van der Waals surface area contributed by atoms with E-state index in [9.17, 15) is 4.79 Å². The minimum absolute atomic E-state index is 0.141. The summed E-state index contributed by atoms with van der Waals surface area (Å²) < 4.78 is 0. The second kappa shape index (κ2) is 6.26. The van der Waals surface area contributed by atoms with Crippen molar-refractivity contribution in [3.05, 3.63) is 39.9 Å². The number of nitrogens with one attached hydrogen (secondary N) is 1. The minimum Gasteiger partial charge on any atom is -0.348 e. The van der Waals surface area contributed by atoms with Crippen LogP contribution in [0.15, 0.2) is 24.3 Å². The molecule has 1 aromatic carbocycles. The Bertz CT molecular complexity index is 467. The van der Waals surface area contributed by atoms with E-state index in [4.69, 9.17) is 23.2 Å². The van der Waals surface area contributed by atoms with Crippen molar-refractivity contribution in [2.75, 3.05) is 0 Å². The van der Waals surface area contributed by atoms with E-state index < -0.39 is 0 Å². The molecule has 1 N–H and O–H groups in total. The van der Waals surface area contributed by atoms with Gasteiger partial charge in [-0.2, -0.15) is 0 Å². The summed E-state index contributed by atoms with van der Waals surface area (Å²) in [4.78, 5) is 11.7. The van der Waals surface area contributed by atoms with E-state index in [1.807, 2.05) is 20.8 Å². The first-order valence-corrected chi connectivity index (χ1v) is 6.55. The fraction of sp³-hybridized carbons (Fsp3) is 0.357. The van der Waals surface area contributed by atoms with Gasteiger partial charge in [0.1, 0.15) is 0 Å². The highest BCUT2D eigenvalue weighted by molar-refractivity contribution is 6.34. The first kappa shape index (κ1) is 15.1. The molecule has 0 unspecified atom stereocenters. The third-order valence-corrected chi connectivity index (χ3v) is 3.30. The Balaban J connectivity index is 2.75. The molecular weight excluding hydrogens is 269 g/mol. The van der Waals surface area contributed by atoms with Crippen molar-refractivity contribution in [1.29, 1.82) is 0 Å². The van der Waals surface area contributed by atoms with Crippen molar-refractivity contribution >= 4 is 35.2 Å². The molecule has 2 nitrogen and oxygen atoms in total. The Kier molecular flexibility index (Phi) is 5.24. The molecular formula is C14H17Cl2NO. The zero-order chi connectivity index (χ0) is 13.8. The van der Waals surface area contributed by atoms with Crippen molar-refractivity contribution in [3.8, 4) is 0 Å². The van der Waals surface area contributed by atoms with Crippen molar-refractivity contribution < 1.29 is 4.79 Å². The molecule has 4 heteroatoms. The van der Waals surface area contributed by atoms with Crippen LogP contribution in [0.1, 0.15) is 32.8 Å². The topological polar surface area (TPSA) is 29.1 Å². The smallest absolute Gasteiger partial charge is 0.244 e. The number of benzene rings is 1. The molecule has 1 amide bonds. The Morgan fingerprint density at radius 2 is 2.06 bits per heavy atom. The van der Waals surface area contributed by atoms with Gasteiger partial charge in [-0.25, -0.2) is 0 Å². The first-order chi connectivity index (χ1) is 8.34. The lowest BCUT2D eigenvalue weighted by atomic mass is 10.0. The van der Waals surface area contributed by atoms with Crippen LogP contribution in [0.2, 0.25) is 10.0 Å². The summed E-state index contributed by atoms with van der Waals surface area (Å²) >= 11 is 11.9. The van der Waals surface area contributed by atoms with Crippen LogP contribution in [0.4, 0.5) is 0 Å². The van der Waals surface area contributed by atoms with E-state index in [0.717, 1.165) is 12.0 Å². The molecule has 0 bridgehead atoms. The summed E-state index contributed by atoms with van der Waals surface area (Å²) in [5, 5.41) is 4.07. The fourth-order valence-electron chi connectivity index (χ4n) is 1.27. The van der Waals surface area contributed by atoms with Crippen molar-refractivity contribution in [2.24, 2.45) is 0 Å². The summed E-state index contributed by atoms with van der Waals surface area (Å²) in [7, 11) is 0. The SMILES string of the molecule is CCC(C)(C)NC(=O)/C=C/c1cc(Cl)ccc1Cl. The number of carbonyl (C=O) groups is 1. The van der Waals surface area contributed by atoms with Gasteiger partial charge in [0.15, 0.2) is 0 Å². The van der Waals surface area contributed by atoms with E-state index in [1.165, 1.54) is 6.08 Å². The van der Waals surface area contributed by atoms with Crippen LogP contribution in [-0.2, 0) is 4.79 Å². The molecule has 0 aliphatic rings. The summed E-state index contributed by atoms with van der Waals surface area (Å²) in [6.45, 7) is 5.98. The molecule has 0 aromatic heterocycles. The quantitative estimate of drug-likeness (QED) is 0.821. The third-order valence-electron chi connectivity index (χ3n) is 2.72. The van der Waals surface area contributed by atoms with Crippen molar-refractivity contribution in [3.63, 3.8) is 0 Å². The van der Waals surface area contributed by atoms with E-state index in [0.29, 0.717) is 10.0 Å². The van der Waals surface area contributed by atoms with Crippen LogP contribution in [0.25, 0.3) is 6.08 Å². The van der Waals surface area contributed by atoms with Gasteiger partial charge in [-0.05, 0) is 50.1 Å². The molecule has 98 valence electrons. The average molecular weight is 286 g/mol. The lowest BCUT2D eigenvalue weighted by Crippen LogP contribution is -2.41. The molecule has 0 atom stereocenters. The summed E-state index contributed by atoms with van der Waals surface area (Å²) in [6, 6.07) is 5.14. The van der Waals surface area contributed by atoms with Crippen LogP contribution < -0.4 is 5.32 Å². The fourth-order valence-corrected chi connectivity index (χ4v) is 1.63. The molecule has 0 saturated heterocycles. The number of halogens is 2. The molecule has 1 aromatic rings. The standard InChI is InChI=1S/C14H17Cl2NO/c1-4-14(2,3)17-13(18)8-5-10-9-11(15)6-7-12(10)16/h5-9H,4H2,1-3H3,(H,17,18)/b8-5+. The van der Waals surface area contributed by atoms with E-state index in [1.54, 1.807) is 24.3 Å². The van der Waals surface area contributed by atoms with Crippen LogP contribution in [0.3, 0.4) is 0 Å². The molecule has 1 rings (SSSR count). The maximum absolute atomic E-state index is 11.7. The number of hydrogen-bond acceptors (Lipinski definition) is 1. The van der Waals surface area contributed by atoms with Gasteiger partial charge < -0.3 is 5.32 Å². The van der Waals surface area contributed by atoms with Crippen LogP contribution in [0, 0.1) is 0 Å². The monoisotopic (exact) mass is 285 g/mol. The highest BCUT2D eigenvalue weighted by atomic mass is 35.5. The van der Waals surface area contributed by atoms with Gasteiger partial charge in [0.25, 0.3) is 0 Å². The highest BCUT2D eigenvalue weighted by Gasteiger charge is 2.15. The maximum atomic E-state index is 11.7. The summed E-state index contributed by atoms with van der Waals surface area (Å²) in [5.74, 6) is -0.141. The second-order valence-electron chi connectivity index (χ2n) is 4.73. The number of amides is 1. The molecule has 0 spiro atoms. The molecule has 0 saturated carbocycles. The highest BCUT2D eigenvalue weighted by Crippen LogP contribution is 2.21. The first-order valence-electron chi connectivity index (χ1n) is 5.79. The number of rotatable bonds is 4. The van der Waals surface area contributed by atoms with Gasteiger partial charge >= 0.3 is 0 Å². The van der Waals surface area contributed by atoms with Gasteiger partial charge in [0.05, 0.1) is 0 Å². The lowest BCUT2D eigenvalue weighted by Gasteiger charge is -2.23. The third kappa shape index (κ3) is 4.71. The summed E-state index contributed by atoms with van der Waals surface area (Å²) in [6.07, 6.45) is 3.99. The molecule has 0 fully saturated rings. The minimum atomic E-state index is -0.209. The largest absolute Gasteiger partial charge is 0.348 e. The van der Waals surface area contributed by atoms with E-state index in [2.05, 4.69) is 5.32 Å². The molecule has 0 heterocycles. The van der Waals surface area contributed by atoms with Crippen LogP contribution in [0.5, 0.6) is 0 Å². The van der Waals surface area contributed by atoms with Crippen LogP contribution in [-0.4, -0.2) is 11.4 Å². The molecule has 0 radical (unpaired) electrons. The van der Waals surface area contributed by atoms with Crippen molar-refractivity contribution in [1.82, 2.24) is 5.32 Å². The Labute approximate surface area is 118 Å². The van der Waals surface area contributed by atoms with E-state index in [-0.39, 0.29) is 11.4 Å². The zero-order valence-electron chi connectivity index (χ0n) is 10.8. The van der Waals surface area contributed by atoms with Gasteiger partial charge in [-0.1, -0.05) is 30.1 Å². The normalized spacial score (nSPS) is 11.8. The van der Waals surface area contributed by atoms with Gasteiger partial charge in [-0.3, -0.25) is 4.79 Å². The Hall–Kier alpha value is -0.990. The Morgan fingerprint density at radius 1 is 1.39 bits per heavy atom. The predicted octanol–water partition coefficient (Wildman–Crippen LogP) is 4.31. The Morgan fingerprint density at radius 3 is 2.67 bits per heavy atom. The molecule has 0 aliphatic heterocycles. The van der Waals surface area contributed by atoms with E-state index >= 15 is 0 Å². The molecule has 18 heavy (non-hydrogen) atoms. The predicted molar refractivity (Wildman–Crippen MR) is 78.0 cm³/mol. The lowest BCUT2D eigenvalue weighted by molar-refractivity contribution is -0.117. The number of hydrogen-bond donors (Lipinski definition) is 1. The molecule has 0 aliphatic carbocycles. The average Bonchev–Trinajstić information content (AvgIpc) is 2.30. The van der Waals surface area contributed by atoms with Crippen LogP contribution >= 0.6 is 23.2 Å².